The van der Waals surface area contributed by atoms with E-state index in [0.29, 0.717) is 0 Å². The Morgan fingerprint density at radius 2 is 1.00 bits per heavy atom. The maximum Gasteiger partial charge on any atom is 0.145 e. The molecule has 0 aliphatic heterocycles. The molecule has 2 aromatic heterocycles. The van der Waals surface area contributed by atoms with Crippen molar-refractivity contribution in [2.24, 2.45) is 0 Å². The highest BCUT2D eigenvalue weighted by Gasteiger charge is 2.23. The Labute approximate surface area is 341 Å². The fourth-order valence-electron chi connectivity index (χ4n) is 9.26. The van der Waals surface area contributed by atoms with Crippen molar-refractivity contribution in [3.05, 3.63) is 218 Å². The highest BCUT2D eigenvalue weighted by molar-refractivity contribution is 6.17. The lowest BCUT2D eigenvalue weighted by atomic mass is 9.97. The lowest BCUT2D eigenvalue weighted by Crippen LogP contribution is -2.10. The number of benzene rings is 10. The Hall–Kier alpha value is -7.88. The molecule has 0 unspecified atom stereocenters. The van der Waals surface area contributed by atoms with Gasteiger partial charge in [-0.2, -0.15) is 0 Å². The summed E-state index contributed by atoms with van der Waals surface area (Å²) >= 11 is 0. The first-order chi connectivity index (χ1) is 29.3. The highest BCUT2D eigenvalue weighted by Crippen LogP contribution is 2.47. The molecule has 3 heteroatoms. The van der Waals surface area contributed by atoms with Gasteiger partial charge in [-0.05, 0) is 111 Å². The van der Waals surface area contributed by atoms with E-state index < -0.39 is 0 Å². The summed E-state index contributed by atoms with van der Waals surface area (Å²) in [6.45, 7) is 0. The molecular weight excluding hydrogens is 717 g/mol. The Bertz CT molecular complexity index is 3520. The summed E-state index contributed by atoms with van der Waals surface area (Å²) in [6.07, 6.45) is 0. The van der Waals surface area contributed by atoms with Crippen LogP contribution in [0.15, 0.2) is 223 Å². The topological polar surface area (TPSA) is 21.3 Å². The van der Waals surface area contributed by atoms with E-state index in [1.165, 1.54) is 48.9 Å². The lowest BCUT2D eigenvalue weighted by Gasteiger charge is -2.27. The van der Waals surface area contributed by atoms with Crippen molar-refractivity contribution in [3.63, 3.8) is 0 Å². The number of para-hydroxylation sites is 4. The van der Waals surface area contributed by atoms with Crippen molar-refractivity contribution in [2.45, 2.75) is 0 Å². The highest BCUT2D eigenvalue weighted by atomic mass is 16.3. The second-order valence-electron chi connectivity index (χ2n) is 15.3. The van der Waals surface area contributed by atoms with Gasteiger partial charge in [0.2, 0.25) is 0 Å². The predicted octanol–water partition coefficient (Wildman–Crippen LogP) is 15.8. The zero-order valence-corrected chi connectivity index (χ0v) is 32.1. The number of fused-ring (bicyclic) bond motifs is 9. The largest absolute Gasteiger partial charge is 0.455 e. The van der Waals surface area contributed by atoms with Crippen molar-refractivity contribution < 1.29 is 4.42 Å². The van der Waals surface area contributed by atoms with E-state index in [1.54, 1.807) is 0 Å². The summed E-state index contributed by atoms with van der Waals surface area (Å²) < 4.78 is 9.28. The molecule has 3 nitrogen and oxygen atoms in total. The molecule has 276 valence electrons. The summed E-state index contributed by atoms with van der Waals surface area (Å²) in [7, 11) is 0. The van der Waals surface area contributed by atoms with Gasteiger partial charge in [-0.15, -0.1) is 0 Å². The zero-order chi connectivity index (χ0) is 38.9. The second kappa shape index (κ2) is 13.4. The molecule has 0 radical (unpaired) electrons. The zero-order valence-electron chi connectivity index (χ0n) is 32.1. The molecule has 0 aliphatic rings. The first-order valence-electron chi connectivity index (χ1n) is 20.2. The normalized spacial score (nSPS) is 11.7. The monoisotopic (exact) mass is 752 g/mol. The number of anilines is 3. The van der Waals surface area contributed by atoms with Gasteiger partial charge < -0.3 is 13.9 Å². The number of hydrogen-bond acceptors (Lipinski definition) is 2. The predicted molar refractivity (Wildman–Crippen MR) is 249 cm³/mol. The van der Waals surface area contributed by atoms with Gasteiger partial charge >= 0.3 is 0 Å². The Morgan fingerprint density at radius 3 is 1.83 bits per heavy atom. The molecule has 2 heterocycles. The number of aromatic nitrogens is 1. The summed E-state index contributed by atoms with van der Waals surface area (Å²) in [5.74, 6) is 0. The van der Waals surface area contributed by atoms with Crippen LogP contribution in [0.2, 0.25) is 0 Å². The number of furan rings is 1. The Balaban J connectivity index is 1.04. The molecule has 59 heavy (non-hydrogen) atoms. The maximum atomic E-state index is 6.90. The third kappa shape index (κ3) is 5.36. The van der Waals surface area contributed by atoms with Gasteiger partial charge in [0, 0.05) is 38.8 Å². The standard InChI is InChI=1S/C56H36N2O/c1-2-17-42(18-3-1)57(43-19-12-15-38(35-43)39-30-31-46-41(34-39)29-28-37-14-4-5-21-45(37)46)53-33-32-47(56-55(53)50-24-8-11-27-54(50)59-56)40-16-13-20-44(36-40)58-51-25-9-6-22-48(51)49-23-7-10-26-52(49)58/h1-36H. The molecule has 0 saturated carbocycles. The van der Waals surface area contributed by atoms with E-state index in [1.807, 2.05) is 0 Å². The van der Waals surface area contributed by atoms with Crippen LogP contribution in [0.4, 0.5) is 17.1 Å². The van der Waals surface area contributed by atoms with Crippen molar-refractivity contribution >= 4 is 82.4 Å². The first-order valence-corrected chi connectivity index (χ1v) is 20.2. The molecule has 0 spiro atoms. The van der Waals surface area contributed by atoms with Gasteiger partial charge in [0.1, 0.15) is 11.2 Å². The maximum absolute atomic E-state index is 6.90. The molecule has 0 N–H and O–H groups in total. The van der Waals surface area contributed by atoms with Crippen molar-refractivity contribution in [1.29, 1.82) is 0 Å². The van der Waals surface area contributed by atoms with Crippen molar-refractivity contribution in [3.8, 4) is 27.9 Å². The fourth-order valence-corrected chi connectivity index (χ4v) is 9.26. The van der Waals surface area contributed by atoms with Crippen LogP contribution in [-0.4, -0.2) is 4.57 Å². The quantitative estimate of drug-likeness (QED) is 0.158. The van der Waals surface area contributed by atoms with Crippen LogP contribution >= 0.6 is 0 Å². The van der Waals surface area contributed by atoms with E-state index in [-0.39, 0.29) is 0 Å². The Morgan fingerprint density at radius 1 is 0.373 bits per heavy atom. The molecule has 10 aromatic carbocycles. The summed E-state index contributed by atoms with van der Waals surface area (Å²) in [5.41, 5.74) is 12.9. The van der Waals surface area contributed by atoms with Crippen LogP contribution in [0.1, 0.15) is 0 Å². The van der Waals surface area contributed by atoms with E-state index in [2.05, 4.69) is 228 Å². The van der Waals surface area contributed by atoms with Crippen LogP contribution in [-0.2, 0) is 0 Å². The van der Waals surface area contributed by atoms with Gasteiger partial charge in [0.15, 0.2) is 0 Å². The lowest BCUT2D eigenvalue weighted by molar-refractivity contribution is 0.670. The number of rotatable bonds is 6. The second-order valence-corrected chi connectivity index (χ2v) is 15.3. The molecule has 0 atom stereocenters. The minimum atomic E-state index is 0.861. The third-order valence-electron chi connectivity index (χ3n) is 11.9. The van der Waals surface area contributed by atoms with E-state index in [0.717, 1.165) is 61.4 Å². The summed E-state index contributed by atoms with van der Waals surface area (Å²) in [6, 6.07) is 78.6. The van der Waals surface area contributed by atoms with Crippen LogP contribution in [0.5, 0.6) is 0 Å². The van der Waals surface area contributed by atoms with E-state index in [4.69, 9.17) is 4.42 Å². The van der Waals surface area contributed by atoms with Gasteiger partial charge in [-0.1, -0.05) is 146 Å². The smallest absolute Gasteiger partial charge is 0.145 e. The van der Waals surface area contributed by atoms with E-state index in [9.17, 15) is 0 Å². The van der Waals surface area contributed by atoms with Gasteiger partial charge in [-0.3, -0.25) is 0 Å². The van der Waals surface area contributed by atoms with Gasteiger partial charge in [0.25, 0.3) is 0 Å². The first kappa shape index (κ1) is 33.3. The molecule has 0 saturated heterocycles. The summed E-state index contributed by atoms with van der Waals surface area (Å²) in [4.78, 5) is 2.38. The van der Waals surface area contributed by atoms with Gasteiger partial charge in [-0.25, -0.2) is 0 Å². The van der Waals surface area contributed by atoms with Crippen molar-refractivity contribution in [2.75, 3.05) is 4.90 Å². The average Bonchev–Trinajstić information content (AvgIpc) is 3.86. The summed E-state index contributed by atoms with van der Waals surface area (Å²) in [5, 5.41) is 9.68. The van der Waals surface area contributed by atoms with Crippen LogP contribution in [0.3, 0.4) is 0 Å². The minimum Gasteiger partial charge on any atom is -0.455 e. The van der Waals surface area contributed by atoms with E-state index >= 15 is 0 Å². The molecule has 0 bridgehead atoms. The van der Waals surface area contributed by atoms with Crippen molar-refractivity contribution in [1.82, 2.24) is 4.57 Å². The molecule has 12 aromatic rings. The van der Waals surface area contributed by atoms with Crippen LogP contribution in [0, 0.1) is 0 Å². The minimum absolute atomic E-state index is 0.861. The molecule has 0 amide bonds. The molecule has 0 fully saturated rings. The van der Waals surface area contributed by atoms with Gasteiger partial charge in [0.05, 0.1) is 22.1 Å². The van der Waals surface area contributed by atoms with Crippen LogP contribution < -0.4 is 4.90 Å². The third-order valence-corrected chi connectivity index (χ3v) is 11.9. The average molecular weight is 753 g/mol. The Kier molecular flexibility index (Phi) is 7.54. The number of nitrogens with zero attached hydrogens (tertiary/aromatic N) is 2. The molecule has 0 aliphatic carbocycles. The van der Waals surface area contributed by atoms with Crippen LogP contribution in [0.25, 0.3) is 93.2 Å². The molecular formula is C56H36N2O. The SMILES string of the molecule is c1ccc(N(c2cccc(-c3ccc4c(ccc5ccccc54)c3)c2)c2ccc(-c3cccc(-n4c5ccccc5c5ccccc54)c3)c3oc4ccccc4c23)cc1. The number of hydrogen-bond donors (Lipinski definition) is 0. The molecule has 12 rings (SSSR count). The fraction of sp³-hybridized carbons (Fsp3) is 0.